The van der Waals surface area contributed by atoms with E-state index in [4.69, 9.17) is 30.9 Å². The summed E-state index contributed by atoms with van der Waals surface area (Å²) in [6.07, 6.45) is -1.15. The second kappa shape index (κ2) is 22.2. The minimum Gasteiger partial charge on any atom is -0.382 e. The molecule has 8 rings (SSSR count). The van der Waals surface area contributed by atoms with E-state index in [2.05, 4.69) is 43.0 Å². The Morgan fingerprint density at radius 2 is 1.64 bits per heavy atom. The van der Waals surface area contributed by atoms with Gasteiger partial charge in [-0.1, -0.05) is 29.7 Å². The van der Waals surface area contributed by atoms with E-state index in [0.717, 1.165) is 48.8 Å². The van der Waals surface area contributed by atoms with Crippen molar-refractivity contribution >= 4 is 64.0 Å². The number of imidazole rings is 1. The number of carbonyl (C=O) groups excluding carboxylic acids is 5. The summed E-state index contributed by atoms with van der Waals surface area (Å²) < 4.78 is 59.2. The molecule has 2 aromatic heterocycles. The van der Waals surface area contributed by atoms with Gasteiger partial charge in [-0.2, -0.15) is 13.2 Å². The van der Waals surface area contributed by atoms with Crippen LogP contribution < -0.4 is 26.2 Å². The van der Waals surface area contributed by atoms with Crippen LogP contribution in [-0.2, 0) is 30.0 Å². The van der Waals surface area contributed by atoms with E-state index in [1.165, 1.54) is 6.07 Å². The molecule has 4 N–H and O–H groups in total. The summed E-state index contributed by atoms with van der Waals surface area (Å²) in [5.74, 6) is 4.17. The van der Waals surface area contributed by atoms with Gasteiger partial charge in [-0.25, -0.2) is 9.50 Å². The number of halogens is 4. The average molecular weight is 984 g/mol. The lowest BCUT2D eigenvalue weighted by Crippen LogP contribution is -2.54. The van der Waals surface area contributed by atoms with Crippen LogP contribution in [0, 0.1) is 18.8 Å². The molecule has 2 saturated heterocycles. The highest BCUT2D eigenvalue weighted by Gasteiger charge is 2.45. The summed E-state index contributed by atoms with van der Waals surface area (Å²) in [4.78, 5) is 71.0. The average Bonchev–Trinajstić information content (AvgIpc) is 3.86. The van der Waals surface area contributed by atoms with Crippen LogP contribution >= 0.6 is 11.6 Å². The molecule has 0 spiro atoms. The quantitative estimate of drug-likeness (QED) is 0.0490. The summed E-state index contributed by atoms with van der Waals surface area (Å²) in [7, 11) is 0. The fourth-order valence-corrected chi connectivity index (χ4v) is 8.59. The van der Waals surface area contributed by atoms with Crippen LogP contribution in [0.1, 0.15) is 79.1 Å². The van der Waals surface area contributed by atoms with Gasteiger partial charge >= 0.3 is 6.18 Å². The van der Waals surface area contributed by atoms with Crippen LogP contribution in [0.15, 0.2) is 72.9 Å². The van der Waals surface area contributed by atoms with E-state index in [1.54, 1.807) is 54.0 Å². The van der Waals surface area contributed by atoms with E-state index in [0.29, 0.717) is 80.8 Å². The smallest absolute Gasteiger partial charge is 0.382 e. The summed E-state index contributed by atoms with van der Waals surface area (Å²) in [5.41, 5.74) is 2.33. The monoisotopic (exact) mass is 983 g/mol. The van der Waals surface area contributed by atoms with Crippen molar-refractivity contribution < 1.29 is 51.4 Å². The number of benzene rings is 3. The van der Waals surface area contributed by atoms with Crippen LogP contribution in [0.4, 0.5) is 30.4 Å². The number of alkyl halides is 3. The van der Waals surface area contributed by atoms with E-state index in [1.807, 2.05) is 12.1 Å². The highest BCUT2D eigenvalue weighted by molar-refractivity contribution is 6.31. The second-order valence-corrected chi connectivity index (χ2v) is 17.1. The van der Waals surface area contributed by atoms with Gasteiger partial charge in [-0.05, 0) is 92.3 Å². The predicted octanol–water partition coefficient (Wildman–Crippen LogP) is 5.48. The zero-order valence-corrected chi connectivity index (χ0v) is 38.8. The van der Waals surface area contributed by atoms with Crippen molar-refractivity contribution in [1.82, 2.24) is 30.1 Å². The molecule has 5 heterocycles. The molecule has 366 valence electrons. The van der Waals surface area contributed by atoms with Gasteiger partial charge in [0.2, 0.25) is 11.8 Å². The summed E-state index contributed by atoms with van der Waals surface area (Å²) in [6, 6.07) is 15.5. The minimum atomic E-state index is -4.63. The molecule has 2 fully saturated rings. The van der Waals surface area contributed by atoms with Gasteiger partial charge in [0.25, 0.3) is 17.7 Å². The Morgan fingerprint density at radius 3 is 2.41 bits per heavy atom. The number of hydrogen-bond acceptors (Lipinski definition) is 13. The number of ether oxygens (including phenoxy) is 3. The number of rotatable bonds is 18. The van der Waals surface area contributed by atoms with Gasteiger partial charge in [0.1, 0.15) is 17.6 Å². The van der Waals surface area contributed by atoms with Crippen molar-refractivity contribution in [3.05, 3.63) is 117 Å². The largest absolute Gasteiger partial charge is 0.416 e. The number of hydrogen-bond donors (Lipinski definition) is 4. The molecule has 0 saturated carbocycles. The minimum absolute atomic E-state index is 0.0533. The molecule has 1 unspecified atom stereocenters. The second-order valence-electron chi connectivity index (χ2n) is 16.6. The highest BCUT2D eigenvalue weighted by Crippen LogP contribution is 2.34. The first-order valence-corrected chi connectivity index (χ1v) is 23.1. The highest BCUT2D eigenvalue weighted by atomic mass is 35.5. The van der Waals surface area contributed by atoms with Crippen LogP contribution in [-0.4, -0.2) is 127 Å². The van der Waals surface area contributed by atoms with Gasteiger partial charge in [0.15, 0.2) is 5.65 Å². The molecule has 3 aliphatic rings. The molecule has 5 amide bonds. The summed E-state index contributed by atoms with van der Waals surface area (Å²) in [6.45, 7) is 7.06. The predicted molar refractivity (Wildman–Crippen MR) is 252 cm³/mol. The fourth-order valence-electron chi connectivity index (χ4n) is 8.35. The summed E-state index contributed by atoms with van der Waals surface area (Å²) in [5, 5.41) is 15.8. The number of amides is 5. The maximum Gasteiger partial charge on any atom is 0.416 e. The van der Waals surface area contributed by atoms with Crippen LogP contribution in [0.2, 0.25) is 5.02 Å². The summed E-state index contributed by atoms with van der Waals surface area (Å²) >= 11 is 5.90. The lowest BCUT2D eigenvalue weighted by molar-refractivity contribution is -0.138. The number of imide groups is 2. The van der Waals surface area contributed by atoms with E-state index < -0.39 is 47.3 Å². The molecule has 1 atom stereocenters. The molecule has 0 aliphatic carbocycles. The maximum absolute atomic E-state index is 13.3. The Balaban J connectivity index is 0.703. The molecule has 0 bridgehead atoms. The van der Waals surface area contributed by atoms with Crippen LogP contribution in [0.5, 0.6) is 0 Å². The number of nitrogens with zero attached hydrogens (tertiary/aromatic N) is 5. The third-order valence-electron chi connectivity index (χ3n) is 12.0. The van der Waals surface area contributed by atoms with Gasteiger partial charge in [0, 0.05) is 66.7 Å². The number of fused-ring (bicyclic) bond motifs is 2. The zero-order valence-electron chi connectivity index (χ0n) is 38.0. The van der Waals surface area contributed by atoms with Crippen molar-refractivity contribution in [3.8, 4) is 11.8 Å². The van der Waals surface area contributed by atoms with Gasteiger partial charge in [-0.3, -0.25) is 34.2 Å². The molecule has 3 aliphatic heterocycles. The molecule has 0 radical (unpaired) electrons. The van der Waals surface area contributed by atoms with Crippen LogP contribution in [0.25, 0.3) is 5.65 Å². The molecule has 17 nitrogen and oxygen atoms in total. The molecular weight excluding hydrogens is 935 g/mol. The Bertz CT molecular complexity index is 2860. The molecule has 5 aromatic rings. The molecule has 3 aromatic carbocycles. The maximum atomic E-state index is 13.3. The normalized spacial score (nSPS) is 16.3. The SMILES string of the molecule is Cc1c(C#Cc2cnc3ccc(N4CCC(OCCOCCNCCOCCNc5cccc6c5C(=O)N(C5CCC(=O)NC5=O)C6=O)CC4)nn23)cccc1C(=O)Nc1cc(Cl)cc(C(F)(F)F)c1. The third kappa shape index (κ3) is 11.7. The lowest BCUT2D eigenvalue weighted by atomic mass is 10.0. The Hall–Kier alpha value is -6.89. The number of piperidine rings is 2. The topological polar surface area (TPSA) is 198 Å². The third-order valence-corrected chi connectivity index (χ3v) is 12.2. The van der Waals surface area contributed by atoms with Crippen molar-refractivity contribution in [3.63, 3.8) is 0 Å². The Kier molecular flexibility index (Phi) is 15.7. The lowest BCUT2D eigenvalue weighted by Gasteiger charge is -2.32. The first-order valence-electron chi connectivity index (χ1n) is 22.7. The van der Waals surface area contributed by atoms with Crippen LogP contribution in [0.3, 0.4) is 0 Å². The fraction of sp³-hybridized carbons (Fsp3) is 0.367. The first kappa shape index (κ1) is 49.5. The van der Waals surface area contributed by atoms with Gasteiger partial charge in [-0.15, -0.1) is 5.10 Å². The number of anilines is 3. The van der Waals surface area contributed by atoms with E-state index in [-0.39, 0.29) is 46.3 Å². The number of carbonyl (C=O) groups is 5. The van der Waals surface area contributed by atoms with Crippen molar-refractivity contribution in [1.29, 1.82) is 0 Å². The molecule has 21 heteroatoms. The molecular formula is C49H49ClF3N9O8. The van der Waals surface area contributed by atoms with Gasteiger partial charge < -0.3 is 35.1 Å². The first-order chi connectivity index (χ1) is 33.7. The van der Waals surface area contributed by atoms with Crippen molar-refractivity contribution in [2.45, 2.75) is 50.9 Å². The van der Waals surface area contributed by atoms with E-state index >= 15 is 0 Å². The number of aromatic nitrogens is 3. The van der Waals surface area contributed by atoms with E-state index in [9.17, 15) is 37.1 Å². The van der Waals surface area contributed by atoms with Crippen molar-refractivity contribution in [2.24, 2.45) is 0 Å². The van der Waals surface area contributed by atoms with Gasteiger partial charge in [0.05, 0.1) is 62.0 Å². The standard InChI is InChI=1S/C49H49ClF3N9O8/c1-30-31(4-2-5-37(30)45(64)57-34-27-32(49(51,52)53)26-33(50)28-34)8-9-35-29-56-41-11-12-42(59-62(35)41)60-19-14-36(15-20-60)70-25-24-69-22-17-54-16-21-68-23-18-55-39-7-3-6-38-44(39)48(67)61(47(38)66)40-10-13-43(63)58-46(40)65/h2-7,11-12,26-29,36,40,54-55H,10,13-25H2,1H3,(H,57,64)(H,58,63,65). The van der Waals surface area contributed by atoms with Crippen molar-refractivity contribution in [2.75, 3.05) is 81.3 Å². The Labute approximate surface area is 405 Å². The zero-order chi connectivity index (χ0) is 49.4. The number of nitrogens with one attached hydrogen (secondary N) is 4. The Morgan fingerprint density at radius 1 is 0.886 bits per heavy atom. The molecule has 70 heavy (non-hydrogen) atoms.